The highest BCUT2D eigenvalue weighted by atomic mass is 32.2. The molecule has 0 amide bonds. The van der Waals surface area contributed by atoms with Crippen LogP contribution < -0.4 is 5.32 Å². The van der Waals surface area contributed by atoms with E-state index in [1.165, 1.54) is 0 Å². The number of rotatable bonds is 10. The van der Waals surface area contributed by atoms with Crippen LogP contribution in [0.3, 0.4) is 0 Å². The normalized spacial score (nSPS) is 13.9. The van der Waals surface area contributed by atoms with E-state index in [1.807, 2.05) is 14.0 Å². The molecular weight excluding hydrogens is 226 g/mol. The van der Waals surface area contributed by atoms with Crippen LogP contribution in [0.4, 0.5) is 0 Å². The van der Waals surface area contributed by atoms with Gasteiger partial charge in [0.1, 0.15) is 9.84 Å². The highest BCUT2D eigenvalue weighted by Crippen LogP contribution is 2.04. The first kappa shape index (κ1) is 15.9. The second kappa shape index (κ2) is 8.96. The number of sulfone groups is 1. The van der Waals surface area contributed by atoms with Gasteiger partial charge in [0, 0.05) is 25.0 Å². The third kappa shape index (κ3) is 8.07. The van der Waals surface area contributed by atoms with E-state index in [0.29, 0.717) is 11.8 Å². The molecule has 0 aromatic rings. The molecule has 0 heterocycles. The van der Waals surface area contributed by atoms with Crippen molar-refractivity contribution in [2.24, 2.45) is 0 Å². The largest absolute Gasteiger partial charge is 0.382 e. The Morgan fingerprint density at radius 2 is 1.94 bits per heavy atom. The molecule has 0 rings (SSSR count). The highest BCUT2D eigenvalue weighted by molar-refractivity contribution is 7.91. The lowest BCUT2D eigenvalue weighted by Gasteiger charge is -2.15. The first-order valence-corrected chi connectivity index (χ1v) is 7.83. The van der Waals surface area contributed by atoms with Crippen molar-refractivity contribution >= 4 is 9.84 Å². The van der Waals surface area contributed by atoms with E-state index in [9.17, 15) is 8.42 Å². The summed E-state index contributed by atoms with van der Waals surface area (Å²) in [6.07, 6.45) is 2.56. The van der Waals surface area contributed by atoms with Crippen LogP contribution in [0.5, 0.6) is 0 Å². The molecule has 0 bridgehead atoms. The van der Waals surface area contributed by atoms with Crippen molar-refractivity contribution in [2.75, 3.05) is 31.8 Å². The fourth-order valence-electron chi connectivity index (χ4n) is 1.50. The number of hydrogen-bond acceptors (Lipinski definition) is 4. The lowest BCUT2D eigenvalue weighted by Crippen LogP contribution is -2.27. The molecule has 0 saturated carbocycles. The summed E-state index contributed by atoms with van der Waals surface area (Å²) >= 11 is 0. The van der Waals surface area contributed by atoms with Crippen molar-refractivity contribution in [1.29, 1.82) is 0 Å². The summed E-state index contributed by atoms with van der Waals surface area (Å²) in [6, 6.07) is 0.360. The predicted molar refractivity (Wildman–Crippen MR) is 67.5 cm³/mol. The van der Waals surface area contributed by atoms with Gasteiger partial charge < -0.3 is 10.1 Å². The molecule has 0 aliphatic carbocycles. The van der Waals surface area contributed by atoms with E-state index >= 15 is 0 Å². The van der Waals surface area contributed by atoms with Gasteiger partial charge in [0.2, 0.25) is 0 Å². The summed E-state index contributed by atoms with van der Waals surface area (Å²) in [5, 5.41) is 3.19. The molecule has 0 aromatic carbocycles. The Hall–Kier alpha value is -0.130. The van der Waals surface area contributed by atoms with Gasteiger partial charge >= 0.3 is 0 Å². The zero-order valence-corrected chi connectivity index (χ0v) is 11.5. The Balaban J connectivity index is 3.70. The van der Waals surface area contributed by atoms with Gasteiger partial charge in [-0.1, -0.05) is 6.92 Å². The number of nitrogens with one attached hydrogen (secondary N) is 1. The zero-order chi connectivity index (χ0) is 12.4. The van der Waals surface area contributed by atoms with Crippen LogP contribution in [0.25, 0.3) is 0 Å². The molecular formula is C11H25NO3S. The fraction of sp³-hybridized carbons (Fsp3) is 1.00. The summed E-state index contributed by atoms with van der Waals surface area (Å²) in [7, 11) is -0.900. The molecule has 1 atom stereocenters. The lowest BCUT2D eigenvalue weighted by molar-refractivity contribution is 0.136. The van der Waals surface area contributed by atoms with Gasteiger partial charge in [0.15, 0.2) is 0 Å². The first-order valence-electron chi connectivity index (χ1n) is 6.01. The molecule has 5 heteroatoms. The molecule has 4 nitrogen and oxygen atoms in total. The summed E-state index contributed by atoms with van der Waals surface area (Å²) in [5.74, 6) is 0.548. The summed E-state index contributed by atoms with van der Waals surface area (Å²) in [5.41, 5.74) is 0. The number of hydrogen-bond donors (Lipinski definition) is 1. The molecule has 98 valence electrons. The SMILES string of the molecule is CCOCCC(CCCS(=O)(=O)CC)NC. The van der Waals surface area contributed by atoms with E-state index in [1.54, 1.807) is 6.92 Å². The maximum atomic E-state index is 11.3. The maximum Gasteiger partial charge on any atom is 0.150 e. The molecule has 16 heavy (non-hydrogen) atoms. The van der Waals surface area contributed by atoms with Gasteiger partial charge in [0.05, 0.1) is 5.75 Å². The van der Waals surface area contributed by atoms with Crippen LogP contribution in [0.2, 0.25) is 0 Å². The van der Waals surface area contributed by atoms with Crippen LogP contribution in [0.15, 0.2) is 0 Å². The molecule has 0 aliphatic rings. The molecule has 0 radical (unpaired) electrons. The topological polar surface area (TPSA) is 55.4 Å². The molecule has 0 aromatic heterocycles. The Morgan fingerprint density at radius 1 is 1.25 bits per heavy atom. The highest BCUT2D eigenvalue weighted by Gasteiger charge is 2.10. The van der Waals surface area contributed by atoms with Crippen molar-refractivity contribution in [3.05, 3.63) is 0 Å². The second-order valence-electron chi connectivity index (χ2n) is 3.85. The quantitative estimate of drug-likeness (QED) is 0.593. The van der Waals surface area contributed by atoms with E-state index < -0.39 is 9.84 Å². The van der Waals surface area contributed by atoms with Crippen molar-refractivity contribution in [2.45, 2.75) is 39.2 Å². The zero-order valence-electron chi connectivity index (χ0n) is 10.7. The lowest BCUT2D eigenvalue weighted by atomic mass is 10.1. The van der Waals surface area contributed by atoms with Gasteiger partial charge in [-0.2, -0.15) is 0 Å². The van der Waals surface area contributed by atoms with Crippen molar-refractivity contribution in [3.8, 4) is 0 Å². The van der Waals surface area contributed by atoms with Crippen LogP contribution in [-0.2, 0) is 14.6 Å². The minimum atomic E-state index is -2.81. The second-order valence-corrected chi connectivity index (χ2v) is 6.32. The average Bonchev–Trinajstić information content (AvgIpc) is 2.27. The monoisotopic (exact) mass is 251 g/mol. The fourth-order valence-corrected chi connectivity index (χ4v) is 2.39. The van der Waals surface area contributed by atoms with Crippen molar-refractivity contribution < 1.29 is 13.2 Å². The maximum absolute atomic E-state index is 11.3. The molecule has 0 saturated heterocycles. The molecule has 0 aliphatic heterocycles. The minimum absolute atomic E-state index is 0.246. The van der Waals surface area contributed by atoms with Crippen LogP contribution in [0, 0.1) is 0 Å². The smallest absolute Gasteiger partial charge is 0.150 e. The number of ether oxygens (including phenoxy) is 1. The predicted octanol–water partition coefficient (Wildman–Crippen LogP) is 1.22. The molecule has 1 unspecified atom stereocenters. The Kier molecular flexibility index (Phi) is 8.89. The molecule has 0 spiro atoms. The Bertz CT molecular complexity index is 252. The van der Waals surface area contributed by atoms with Crippen LogP contribution in [0.1, 0.15) is 33.1 Å². The van der Waals surface area contributed by atoms with E-state index in [2.05, 4.69) is 5.32 Å². The molecule has 1 N–H and O–H groups in total. The van der Waals surface area contributed by atoms with Crippen LogP contribution in [-0.4, -0.2) is 46.2 Å². The van der Waals surface area contributed by atoms with E-state index in [0.717, 1.165) is 32.5 Å². The van der Waals surface area contributed by atoms with Crippen molar-refractivity contribution in [1.82, 2.24) is 5.32 Å². The molecule has 0 fully saturated rings. The van der Waals surface area contributed by atoms with E-state index in [4.69, 9.17) is 4.74 Å². The minimum Gasteiger partial charge on any atom is -0.382 e. The van der Waals surface area contributed by atoms with Gasteiger partial charge in [-0.3, -0.25) is 0 Å². The first-order chi connectivity index (χ1) is 7.55. The summed E-state index contributed by atoms with van der Waals surface area (Å²) < 4.78 is 27.8. The third-order valence-corrected chi connectivity index (χ3v) is 4.46. The summed E-state index contributed by atoms with van der Waals surface area (Å²) in [6.45, 7) is 5.14. The van der Waals surface area contributed by atoms with Crippen LogP contribution >= 0.6 is 0 Å². The van der Waals surface area contributed by atoms with Gasteiger partial charge in [-0.15, -0.1) is 0 Å². The third-order valence-electron chi connectivity index (χ3n) is 2.67. The van der Waals surface area contributed by atoms with E-state index in [-0.39, 0.29) is 5.75 Å². The summed E-state index contributed by atoms with van der Waals surface area (Å²) in [4.78, 5) is 0. The van der Waals surface area contributed by atoms with Gasteiger partial charge in [0.25, 0.3) is 0 Å². The Labute approximate surface area is 99.7 Å². The average molecular weight is 251 g/mol. The van der Waals surface area contributed by atoms with Gasteiger partial charge in [-0.05, 0) is 33.2 Å². The Morgan fingerprint density at radius 3 is 2.44 bits per heavy atom. The standard InChI is InChI=1S/C11H25NO3S/c1-4-15-9-8-11(12-3)7-6-10-16(13,14)5-2/h11-12H,4-10H2,1-3H3. The van der Waals surface area contributed by atoms with Crippen molar-refractivity contribution in [3.63, 3.8) is 0 Å². The van der Waals surface area contributed by atoms with Gasteiger partial charge in [-0.25, -0.2) is 8.42 Å².